The predicted octanol–water partition coefficient (Wildman–Crippen LogP) is 2.39. The molecule has 0 saturated heterocycles. The zero-order valence-electron chi connectivity index (χ0n) is 13.5. The molecular weight excluding hydrogens is 290 g/mol. The van der Waals surface area contributed by atoms with Crippen LogP contribution in [0.5, 0.6) is 0 Å². The highest BCUT2D eigenvalue weighted by Gasteiger charge is 2.26. The molecule has 1 aliphatic carbocycles. The lowest BCUT2D eigenvalue weighted by Crippen LogP contribution is -2.07. The molecule has 0 radical (unpaired) electrons. The lowest BCUT2D eigenvalue weighted by Gasteiger charge is -2.09. The van der Waals surface area contributed by atoms with Crippen LogP contribution in [0, 0.1) is 13.8 Å². The van der Waals surface area contributed by atoms with E-state index in [0.29, 0.717) is 5.92 Å². The smallest absolute Gasteiger partial charge is 0.200 e. The van der Waals surface area contributed by atoms with Gasteiger partial charge in [-0.25, -0.2) is 0 Å². The second kappa shape index (κ2) is 5.64. The lowest BCUT2D eigenvalue weighted by atomic mass is 10.1. The zero-order valence-corrected chi connectivity index (χ0v) is 13.5. The van der Waals surface area contributed by atoms with Gasteiger partial charge in [-0.3, -0.25) is 5.10 Å². The number of aromatic amines is 1. The van der Waals surface area contributed by atoms with Crippen molar-refractivity contribution in [1.82, 2.24) is 30.0 Å². The van der Waals surface area contributed by atoms with Crippen LogP contribution in [-0.2, 0) is 6.42 Å². The molecule has 1 saturated carbocycles. The summed E-state index contributed by atoms with van der Waals surface area (Å²) >= 11 is 0. The van der Waals surface area contributed by atoms with Crippen molar-refractivity contribution in [3.05, 3.63) is 35.0 Å². The van der Waals surface area contributed by atoms with Crippen LogP contribution in [0.3, 0.4) is 0 Å². The SMILES string of the molecule is Cc1n[nH]c(C)c1CCCNc1cc(C2CC2)nn2cnnc12. The second-order valence-corrected chi connectivity index (χ2v) is 6.30. The number of nitrogens with zero attached hydrogens (tertiary/aromatic N) is 5. The van der Waals surface area contributed by atoms with Crippen molar-refractivity contribution in [1.29, 1.82) is 0 Å². The van der Waals surface area contributed by atoms with Gasteiger partial charge in [0.1, 0.15) is 6.33 Å². The number of aryl methyl sites for hydroxylation is 2. The summed E-state index contributed by atoms with van der Waals surface area (Å²) in [5.74, 6) is 0.610. The topological polar surface area (TPSA) is 83.8 Å². The van der Waals surface area contributed by atoms with Crippen molar-refractivity contribution in [2.24, 2.45) is 0 Å². The minimum atomic E-state index is 0.610. The Morgan fingerprint density at radius 3 is 2.96 bits per heavy atom. The van der Waals surface area contributed by atoms with Crippen molar-refractivity contribution >= 4 is 11.3 Å². The summed E-state index contributed by atoms with van der Waals surface area (Å²) in [6.45, 7) is 5.02. The molecule has 120 valence electrons. The largest absolute Gasteiger partial charge is 0.382 e. The normalized spacial score (nSPS) is 14.5. The molecule has 0 spiro atoms. The number of fused-ring (bicyclic) bond motifs is 1. The summed E-state index contributed by atoms with van der Waals surface area (Å²) in [7, 11) is 0. The molecule has 7 heteroatoms. The maximum Gasteiger partial charge on any atom is 0.200 e. The third-order valence-electron chi connectivity index (χ3n) is 4.48. The Morgan fingerprint density at radius 1 is 1.35 bits per heavy atom. The fourth-order valence-electron chi connectivity index (χ4n) is 2.99. The van der Waals surface area contributed by atoms with Gasteiger partial charge in [-0.1, -0.05) is 0 Å². The van der Waals surface area contributed by atoms with Gasteiger partial charge in [-0.15, -0.1) is 10.2 Å². The molecule has 0 aromatic carbocycles. The van der Waals surface area contributed by atoms with Gasteiger partial charge in [0.15, 0.2) is 0 Å². The van der Waals surface area contributed by atoms with Crippen LogP contribution < -0.4 is 5.32 Å². The third kappa shape index (κ3) is 2.78. The van der Waals surface area contributed by atoms with Gasteiger partial charge in [-0.2, -0.15) is 14.7 Å². The van der Waals surface area contributed by atoms with Crippen LogP contribution in [0.15, 0.2) is 12.4 Å². The monoisotopic (exact) mass is 311 g/mol. The summed E-state index contributed by atoms with van der Waals surface area (Å²) in [5, 5.41) is 23.5. The molecule has 1 aliphatic rings. The van der Waals surface area contributed by atoms with E-state index in [1.807, 2.05) is 0 Å². The van der Waals surface area contributed by atoms with Crippen molar-refractivity contribution in [2.75, 3.05) is 11.9 Å². The van der Waals surface area contributed by atoms with Gasteiger partial charge in [0.05, 0.1) is 17.1 Å². The first-order valence-corrected chi connectivity index (χ1v) is 8.17. The Balaban J connectivity index is 1.44. The zero-order chi connectivity index (χ0) is 15.8. The number of aromatic nitrogens is 6. The fraction of sp³-hybridized carbons (Fsp3) is 0.500. The predicted molar refractivity (Wildman–Crippen MR) is 87.6 cm³/mol. The maximum absolute atomic E-state index is 4.59. The van der Waals surface area contributed by atoms with Crippen LogP contribution in [0.1, 0.15) is 47.8 Å². The van der Waals surface area contributed by atoms with Crippen LogP contribution in [-0.4, -0.2) is 36.6 Å². The van der Waals surface area contributed by atoms with Gasteiger partial charge in [0, 0.05) is 18.2 Å². The van der Waals surface area contributed by atoms with Crippen molar-refractivity contribution in [3.63, 3.8) is 0 Å². The Kier molecular flexibility index (Phi) is 3.48. The molecule has 4 rings (SSSR count). The number of rotatable bonds is 6. The number of hydrogen-bond acceptors (Lipinski definition) is 5. The second-order valence-electron chi connectivity index (χ2n) is 6.30. The van der Waals surface area contributed by atoms with Crippen LogP contribution in [0.25, 0.3) is 5.65 Å². The number of hydrogen-bond donors (Lipinski definition) is 2. The molecule has 3 heterocycles. The quantitative estimate of drug-likeness (QED) is 0.683. The van der Waals surface area contributed by atoms with Crippen LogP contribution in [0.4, 0.5) is 5.69 Å². The Bertz CT molecular complexity index is 809. The lowest BCUT2D eigenvalue weighted by molar-refractivity contribution is 0.835. The minimum absolute atomic E-state index is 0.610. The molecule has 0 unspecified atom stereocenters. The van der Waals surface area contributed by atoms with E-state index in [4.69, 9.17) is 0 Å². The Labute approximate surface area is 134 Å². The van der Waals surface area contributed by atoms with E-state index in [1.165, 1.54) is 24.1 Å². The van der Waals surface area contributed by atoms with E-state index in [2.05, 4.69) is 50.7 Å². The third-order valence-corrected chi connectivity index (χ3v) is 4.48. The van der Waals surface area contributed by atoms with E-state index >= 15 is 0 Å². The van der Waals surface area contributed by atoms with Gasteiger partial charge in [0.2, 0.25) is 5.65 Å². The molecule has 7 nitrogen and oxygen atoms in total. The molecular formula is C16H21N7. The first-order valence-electron chi connectivity index (χ1n) is 8.17. The summed E-state index contributed by atoms with van der Waals surface area (Å²) in [6, 6.07) is 2.13. The average Bonchev–Trinajstić information content (AvgIpc) is 3.21. The number of anilines is 1. The first-order chi connectivity index (χ1) is 11.2. The van der Waals surface area contributed by atoms with Crippen molar-refractivity contribution in [2.45, 2.75) is 45.4 Å². The van der Waals surface area contributed by atoms with Gasteiger partial charge in [0.25, 0.3) is 0 Å². The summed E-state index contributed by atoms with van der Waals surface area (Å²) in [6.07, 6.45) is 6.20. The Morgan fingerprint density at radius 2 is 2.22 bits per heavy atom. The average molecular weight is 311 g/mol. The molecule has 3 aromatic rings. The molecule has 0 aliphatic heterocycles. The number of H-pyrrole nitrogens is 1. The van der Waals surface area contributed by atoms with E-state index in [-0.39, 0.29) is 0 Å². The van der Waals surface area contributed by atoms with E-state index in [1.54, 1.807) is 10.8 Å². The highest BCUT2D eigenvalue weighted by atomic mass is 15.3. The molecule has 0 bridgehead atoms. The van der Waals surface area contributed by atoms with Crippen molar-refractivity contribution in [3.8, 4) is 0 Å². The van der Waals surface area contributed by atoms with Crippen LogP contribution >= 0.6 is 0 Å². The fourth-order valence-corrected chi connectivity index (χ4v) is 2.99. The van der Waals surface area contributed by atoms with E-state index in [9.17, 15) is 0 Å². The summed E-state index contributed by atoms with van der Waals surface area (Å²) in [5.41, 5.74) is 6.56. The molecule has 1 fully saturated rings. The standard InChI is InChI=1S/C16H21N7/c1-10-13(11(2)20-19-10)4-3-7-17-15-8-14(12-5-6-12)22-23-9-18-21-16(15)23/h8-9,12,17H,3-7H2,1-2H3,(H,19,20). The van der Waals surface area contributed by atoms with Crippen molar-refractivity contribution < 1.29 is 0 Å². The molecule has 2 N–H and O–H groups in total. The first kappa shape index (κ1) is 14.2. The molecule has 23 heavy (non-hydrogen) atoms. The van der Waals surface area contributed by atoms with Gasteiger partial charge in [-0.05, 0) is 51.2 Å². The summed E-state index contributed by atoms with van der Waals surface area (Å²) in [4.78, 5) is 0. The summed E-state index contributed by atoms with van der Waals surface area (Å²) < 4.78 is 1.78. The highest BCUT2D eigenvalue weighted by Crippen LogP contribution is 2.39. The molecule has 0 amide bonds. The van der Waals surface area contributed by atoms with Gasteiger partial charge < -0.3 is 5.32 Å². The number of nitrogens with one attached hydrogen (secondary N) is 2. The van der Waals surface area contributed by atoms with E-state index < -0.39 is 0 Å². The Hall–Kier alpha value is -2.44. The molecule has 0 atom stereocenters. The highest BCUT2D eigenvalue weighted by molar-refractivity contribution is 5.66. The molecule has 3 aromatic heterocycles. The van der Waals surface area contributed by atoms with Crippen LogP contribution in [0.2, 0.25) is 0 Å². The maximum atomic E-state index is 4.59. The minimum Gasteiger partial charge on any atom is -0.382 e. The van der Waals surface area contributed by atoms with E-state index in [0.717, 1.165) is 42.1 Å². The van der Waals surface area contributed by atoms with Gasteiger partial charge >= 0.3 is 0 Å².